The molecule has 4 aliphatic carbocycles. The van der Waals surface area contributed by atoms with Crippen molar-refractivity contribution < 1.29 is 14.3 Å². The van der Waals surface area contributed by atoms with Gasteiger partial charge in [0.15, 0.2) is 0 Å². The number of amides is 1. The number of piperazine rings is 1. The van der Waals surface area contributed by atoms with Crippen LogP contribution in [0.2, 0.25) is 0 Å². The predicted molar refractivity (Wildman–Crippen MR) is 110 cm³/mol. The Morgan fingerprint density at radius 1 is 1.03 bits per heavy atom. The van der Waals surface area contributed by atoms with E-state index in [1.54, 1.807) is 19.2 Å². The second kappa shape index (κ2) is 7.29. The molecule has 1 aromatic heterocycles. The lowest BCUT2D eigenvalue weighted by Crippen LogP contribution is -2.58. The summed E-state index contributed by atoms with van der Waals surface area (Å²) in [6.07, 6.45) is 9.09. The molecule has 1 aromatic rings. The van der Waals surface area contributed by atoms with Crippen LogP contribution in [-0.4, -0.2) is 54.5 Å². The smallest absolute Gasteiger partial charge is 0.339 e. The Bertz CT molecular complexity index is 748. The van der Waals surface area contributed by atoms with Crippen molar-refractivity contribution in [3.05, 3.63) is 23.9 Å². The maximum atomic E-state index is 13.5. The van der Waals surface area contributed by atoms with Gasteiger partial charge in [0.05, 0.1) is 17.6 Å². The average Bonchev–Trinajstić information content (AvgIpc) is 2.73. The van der Waals surface area contributed by atoms with Crippen LogP contribution in [0, 0.1) is 23.2 Å². The third-order valence-corrected chi connectivity index (χ3v) is 7.64. The molecule has 6 nitrogen and oxygen atoms in total. The van der Waals surface area contributed by atoms with Gasteiger partial charge in [-0.1, -0.05) is 0 Å². The lowest BCUT2D eigenvalue weighted by atomic mass is 9.49. The van der Waals surface area contributed by atoms with Crippen LogP contribution in [0.1, 0.15) is 55.8 Å². The molecule has 1 saturated heterocycles. The molecule has 0 radical (unpaired) electrons. The van der Waals surface area contributed by atoms with Gasteiger partial charge in [-0.15, -0.1) is 0 Å². The monoisotopic (exact) mass is 397 g/mol. The van der Waals surface area contributed by atoms with Crippen molar-refractivity contribution in [1.29, 1.82) is 0 Å². The van der Waals surface area contributed by atoms with Crippen LogP contribution in [0.4, 0.5) is 5.82 Å². The summed E-state index contributed by atoms with van der Waals surface area (Å²) in [6.45, 7) is 5.28. The van der Waals surface area contributed by atoms with Gasteiger partial charge in [0.25, 0.3) is 0 Å². The quantitative estimate of drug-likeness (QED) is 0.731. The van der Waals surface area contributed by atoms with Gasteiger partial charge in [0.2, 0.25) is 5.91 Å². The Labute approximate surface area is 172 Å². The Morgan fingerprint density at radius 2 is 1.66 bits per heavy atom. The van der Waals surface area contributed by atoms with Crippen molar-refractivity contribution in [2.45, 2.75) is 45.4 Å². The van der Waals surface area contributed by atoms with Gasteiger partial charge < -0.3 is 14.5 Å². The highest BCUT2D eigenvalue weighted by molar-refractivity contribution is 5.89. The topological polar surface area (TPSA) is 62.7 Å². The van der Waals surface area contributed by atoms with E-state index in [1.807, 2.05) is 6.07 Å². The van der Waals surface area contributed by atoms with E-state index in [0.29, 0.717) is 18.1 Å². The number of carbonyl (C=O) groups excluding carboxylic acids is 2. The van der Waals surface area contributed by atoms with E-state index < -0.39 is 0 Å². The van der Waals surface area contributed by atoms with Crippen LogP contribution in [0.25, 0.3) is 0 Å². The van der Waals surface area contributed by atoms with Crippen LogP contribution in [0.15, 0.2) is 18.3 Å². The molecule has 0 atom stereocenters. The maximum Gasteiger partial charge on any atom is 0.339 e. The van der Waals surface area contributed by atoms with E-state index in [1.165, 1.54) is 19.3 Å². The molecule has 5 fully saturated rings. The molecule has 5 aliphatic rings. The molecule has 156 valence electrons. The van der Waals surface area contributed by atoms with E-state index in [4.69, 9.17) is 4.74 Å². The zero-order chi connectivity index (χ0) is 20.0. The molecule has 1 aliphatic heterocycles. The normalized spacial score (nSPS) is 33.1. The zero-order valence-electron chi connectivity index (χ0n) is 17.3. The SMILES string of the molecule is CCOC(=O)c1ccc(N2CCN(C(=O)C34CC5CC(CC(C5)C3)C4)CC2)nc1. The number of hydrogen-bond donors (Lipinski definition) is 0. The molecule has 1 amide bonds. The van der Waals surface area contributed by atoms with Gasteiger partial charge in [-0.2, -0.15) is 0 Å². The third kappa shape index (κ3) is 3.40. The minimum absolute atomic E-state index is 0.0452. The van der Waals surface area contributed by atoms with Crippen LogP contribution in [0.5, 0.6) is 0 Å². The molecule has 0 spiro atoms. The number of rotatable bonds is 4. The molecule has 0 unspecified atom stereocenters. The largest absolute Gasteiger partial charge is 0.462 e. The molecule has 4 bridgehead atoms. The third-order valence-electron chi connectivity index (χ3n) is 7.64. The second-order valence-corrected chi connectivity index (χ2v) is 9.60. The van der Waals surface area contributed by atoms with E-state index in [2.05, 4.69) is 14.8 Å². The Hall–Kier alpha value is -2.11. The fraction of sp³-hybridized carbons (Fsp3) is 0.696. The fourth-order valence-corrected chi connectivity index (χ4v) is 6.75. The number of nitrogens with zero attached hydrogens (tertiary/aromatic N) is 3. The van der Waals surface area contributed by atoms with Crippen LogP contribution >= 0.6 is 0 Å². The van der Waals surface area contributed by atoms with Crippen molar-refractivity contribution in [3.8, 4) is 0 Å². The predicted octanol–water partition coefficient (Wildman–Crippen LogP) is 3.12. The standard InChI is InChI=1S/C23H31N3O3/c1-2-29-21(27)19-3-4-20(24-15-19)25-5-7-26(8-6-25)22(28)23-12-16-9-17(13-23)11-18(10-16)14-23/h3-4,15-18H,2,5-14H2,1H3. The molecule has 2 heterocycles. The first-order valence-corrected chi connectivity index (χ1v) is 11.2. The molecule has 6 rings (SSSR count). The van der Waals surface area contributed by atoms with Gasteiger partial charge >= 0.3 is 5.97 Å². The zero-order valence-corrected chi connectivity index (χ0v) is 17.3. The lowest BCUT2D eigenvalue weighted by molar-refractivity contribution is -0.158. The first kappa shape index (κ1) is 18.9. The van der Waals surface area contributed by atoms with Crippen molar-refractivity contribution in [2.75, 3.05) is 37.7 Å². The Morgan fingerprint density at radius 3 is 2.17 bits per heavy atom. The number of hydrogen-bond acceptors (Lipinski definition) is 5. The van der Waals surface area contributed by atoms with Gasteiger partial charge in [-0.05, 0) is 75.3 Å². The Kier molecular flexibility index (Phi) is 4.75. The highest BCUT2D eigenvalue weighted by Crippen LogP contribution is 2.60. The molecule has 0 N–H and O–H groups in total. The number of ether oxygens (including phenoxy) is 1. The minimum Gasteiger partial charge on any atom is -0.462 e. The summed E-state index contributed by atoms with van der Waals surface area (Å²) in [5, 5.41) is 0. The summed E-state index contributed by atoms with van der Waals surface area (Å²) in [4.78, 5) is 34.1. The summed E-state index contributed by atoms with van der Waals surface area (Å²) in [5.41, 5.74) is 0.433. The number of carbonyl (C=O) groups is 2. The molecule has 0 aromatic carbocycles. The fourth-order valence-electron chi connectivity index (χ4n) is 6.75. The highest BCUT2D eigenvalue weighted by atomic mass is 16.5. The molecule has 29 heavy (non-hydrogen) atoms. The summed E-state index contributed by atoms with van der Waals surface area (Å²) >= 11 is 0. The summed E-state index contributed by atoms with van der Waals surface area (Å²) in [7, 11) is 0. The van der Waals surface area contributed by atoms with Crippen LogP contribution < -0.4 is 4.90 Å². The van der Waals surface area contributed by atoms with Gasteiger partial charge in [-0.3, -0.25) is 4.79 Å². The molecular weight excluding hydrogens is 366 g/mol. The summed E-state index contributed by atoms with van der Waals surface area (Å²) in [6, 6.07) is 3.65. The van der Waals surface area contributed by atoms with E-state index in [0.717, 1.165) is 69.0 Å². The van der Waals surface area contributed by atoms with E-state index in [-0.39, 0.29) is 11.4 Å². The number of aromatic nitrogens is 1. The molecular formula is C23H31N3O3. The van der Waals surface area contributed by atoms with Gasteiger partial charge in [-0.25, -0.2) is 9.78 Å². The molecule has 6 heteroatoms. The minimum atomic E-state index is -0.336. The molecule has 4 saturated carbocycles. The average molecular weight is 398 g/mol. The van der Waals surface area contributed by atoms with E-state index >= 15 is 0 Å². The maximum absolute atomic E-state index is 13.5. The van der Waals surface area contributed by atoms with Crippen LogP contribution in [-0.2, 0) is 9.53 Å². The number of esters is 1. The number of anilines is 1. The van der Waals surface area contributed by atoms with Crippen LogP contribution in [0.3, 0.4) is 0 Å². The summed E-state index contributed by atoms with van der Waals surface area (Å²) < 4.78 is 5.02. The first-order chi connectivity index (χ1) is 14.1. The second-order valence-electron chi connectivity index (χ2n) is 9.60. The van der Waals surface area contributed by atoms with E-state index in [9.17, 15) is 9.59 Å². The number of pyridine rings is 1. The van der Waals surface area contributed by atoms with Crippen molar-refractivity contribution in [3.63, 3.8) is 0 Å². The summed E-state index contributed by atoms with van der Waals surface area (Å²) in [5.74, 6) is 3.36. The first-order valence-electron chi connectivity index (χ1n) is 11.2. The Balaban J connectivity index is 1.21. The van der Waals surface area contributed by atoms with Gasteiger partial charge in [0.1, 0.15) is 5.82 Å². The van der Waals surface area contributed by atoms with Gasteiger partial charge in [0, 0.05) is 32.4 Å². The van der Waals surface area contributed by atoms with Crippen molar-refractivity contribution in [2.24, 2.45) is 23.2 Å². The lowest BCUT2D eigenvalue weighted by Gasteiger charge is -2.57. The highest BCUT2D eigenvalue weighted by Gasteiger charge is 2.55. The van der Waals surface area contributed by atoms with Crippen molar-refractivity contribution >= 4 is 17.7 Å². The van der Waals surface area contributed by atoms with Crippen molar-refractivity contribution in [1.82, 2.24) is 9.88 Å².